The SMILES string of the molecule is CCNC(c1cnc(C)s1)C(C)c1ccccn1. The van der Waals surface area contributed by atoms with E-state index in [1.165, 1.54) is 4.88 Å². The molecule has 0 radical (unpaired) electrons. The van der Waals surface area contributed by atoms with Crippen molar-refractivity contribution in [3.8, 4) is 0 Å². The van der Waals surface area contributed by atoms with Gasteiger partial charge in [-0.05, 0) is 25.6 Å². The van der Waals surface area contributed by atoms with Crippen molar-refractivity contribution in [2.75, 3.05) is 6.54 Å². The summed E-state index contributed by atoms with van der Waals surface area (Å²) in [5, 5.41) is 4.65. The smallest absolute Gasteiger partial charge is 0.0897 e. The van der Waals surface area contributed by atoms with Gasteiger partial charge in [0.1, 0.15) is 0 Å². The molecule has 2 heterocycles. The van der Waals surface area contributed by atoms with Crippen LogP contribution < -0.4 is 5.32 Å². The molecule has 4 heteroatoms. The van der Waals surface area contributed by atoms with Gasteiger partial charge >= 0.3 is 0 Å². The molecule has 0 saturated heterocycles. The highest BCUT2D eigenvalue weighted by Crippen LogP contribution is 2.32. The maximum Gasteiger partial charge on any atom is 0.0897 e. The van der Waals surface area contributed by atoms with E-state index in [1.807, 2.05) is 31.5 Å². The van der Waals surface area contributed by atoms with E-state index in [2.05, 4.69) is 35.2 Å². The third-order valence-corrected chi connectivity index (χ3v) is 4.02. The van der Waals surface area contributed by atoms with E-state index in [0.29, 0.717) is 5.92 Å². The zero-order valence-electron chi connectivity index (χ0n) is 11.1. The molecule has 0 aliphatic carbocycles. The summed E-state index contributed by atoms with van der Waals surface area (Å²) in [6.45, 7) is 7.33. The highest BCUT2D eigenvalue weighted by molar-refractivity contribution is 7.11. The summed E-state index contributed by atoms with van der Waals surface area (Å²) in [6.07, 6.45) is 3.83. The highest BCUT2D eigenvalue weighted by Gasteiger charge is 2.22. The van der Waals surface area contributed by atoms with Gasteiger partial charge < -0.3 is 5.32 Å². The molecule has 3 nitrogen and oxygen atoms in total. The minimum atomic E-state index is 0.288. The summed E-state index contributed by atoms with van der Waals surface area (Å²) < 4.78 is 0. The lowest BCUT2D eigenvalue weighted by Crippen LogP contribution is -2.25. The molecule has 2 atom stereocenters. The van der Waals surface area contributed by atoms with E-state index in [4.69, 9.17) is 0 Å². The van der Waals surface area contributed by atoms with E-state index in [1.54, 1.807) is 11.3 Å². The summed E-state index contributed by atoms with van der Waals surface area (Å²) in [6, 6.07) is 6.37. The number of nitrogens with one attached hydrogen (secondary N) is 1. The minimum Gasteiger partial charge on any atom is -0.309 e. The number of aryl methyl sites for hydroxylation is 1. The topological polar surface area (TPSA) is 37.8 Å². The summed E-state index contributed by atoms with van der Waals surface area (Å²) in [5.41, 5.74) is 1.12. The molecule has 1 N–H and O–H groups in total. The van der Waals surface area contributed by atoms with Gasteiger partial charge in [0, 0.05) is 28.9 Å². The maximum absolute atomic E-state index is 4.46. The molecule has 0 aliphatic rings. The predicted molar refractivity (Wildman–Crippen MR) is 75.9 cm³/mol. The van der Waals surface area contributed by atoms with Crippen LogP contribution >= 0.6 is 11.3 Å². The Morgan fingerprint density at radius 3 is 2.72 bits per heavy atom. The van der Waals surface area contributed by atoms with Gasteiger partial charge in [-0.15, -0.1) is 11.3 Å². The molecule has 0 saturated carbocycles. The number of pyridine rings is 1. The average Bonchev–Trinajstić information content (AvgIpc) is 2.82. The van der Waals surface area contributed by atoms with Gasteiger partial charge in [0.25, 0.3) is 0 Å². The van der Waals surface area contributed by atoms with Crippen LogP contribution in [0.4, 0.5) is 0 Å². The normalized spacial score (nSPS) is 14.4. The number of hydrogen-bond donors (Lipinski definition) is 1. The third kappa shape index (κ3) is 2.94. The fourth-order valence-corrected chi connectivity index (χ4v) is 3.05. The van der Waals surface area contributed by atoms with Crippen molar-refractivity contribution in [2.45, 2.75) is 32.7 Å². The van der Waals surface area contributed by atoms with Gasteiger partial charge in [-0.2, -0.15) is 0 Å². The average molecular weight is 261 g/mol. The number of rotatable bonds is 5. The van der Waals surface area contributed by atoms with Crippen molar-refractivity contribution in [3.63, 3.8) is 0 Å². The van der Waals surface area contributed by atoms with E-state index >= 15 is 0 Å². The van der Waals surface area contributed by atoms with Crippen LogP contribution in [0.5, 0.6) is 0 Å². The largest absolute Gasteiger partial charge is 0.309 e. The number of nitrogens with zero attached hydrogens (tertiary/aromatic N) is 2. The van der Waals surface area contributed by atoms with Crippen LogP contribution in [0.2, 0.25) is 0 Å². The van der Waals surface area contributed by atoms with Crippen LogP contribution in [0.3, 0.4) is 0 Å². The molecule has 0 aromatic carbocycles. The molecule has 0 fully saturated rings. The van der Waals surface area contributed by atoms with Crippen molar-refractivity contribution < 1.29 is 0 Å². The molecular weight excluding hydrogens is 242 g/mol. The Kier molecular flexibility index (Phi) is 4.44. The fourth-order valence-electron chi connectivity index (χ4n) is 2.08. The molecule has 2 unspecified atom stereocenters. The van der Waals surface area contributed by atoms with Crippen LogP contribution in [-0.4, -0.2) is 16.5 Å². The quantitative estimate of drug-likeness (QED) is 0.897. The Bertz CT molecular complexity index is 481. The monoisotopic (exact) mass is 261 g/mol. The Morgan fingerprint density at radius 1 is 1.33 bits per heavy atom. The summed E-state index contributed by atoms with van der Waals surface area (Å²) >= 11 is 1.76. The molecule has 2 aromatic heterocycles. The summed E-state index contributed by atoms with van der Waals surface area (Å²) in [7, 11) is 0. The molecule has 18 heavy (non-hydrogen) atoms. The van der Waals surface area contributed by atoms with Gasteiger partial charge in [-0.1, -0.05) is 19.9 Å². The second kappa shape index (κ2) is 6.07. The molecular formula is C14H19N3S. The Labute approximate surface area is 112 Å². The minimum absolute atomic E-state index is 0.288. The Morgan fingerprint density at radius 2 is 2.17 bits per heavy atom. The molecule has 0 aliphatic heterocycles. The standard InChI is InChI=1S/C14H19N3S/c1-4-15-14(13-9-17-11(3)18-13)10(2)12-7-5-6-8-16-12/h5-10,14-15H,4H2,1-3H3. The van der Waals surface area contributed by atoms with E-state index in [0.717, 1.165) is 17.2 Å². The number of aromatic nitrogens is 2. The second-order valence-electron chi connectivity index (χ2n) is 4.36. The molecule has 0 spiro atoms. The van der Waals surface area contributed by atoms with Crippen molar-refractivity contribution in [1.29, 1.82) is 0 Å². The second-order valence-corrected chi connectivity index (χ2v) is 5.63. The van der Waals surface area contributed by atoms with Crippen molar-refractivity contribution in [3.05, 3.63) is 46.2 Å². The maximum atomic E-state index is 4.46. The van der Waals surface area contributed by atoms with Gasteiger partial charge in [0.2, 0.25) is 0 Å². The molecule has 2 aromatic rings. The Hall–Kier alpha value is -1.26. The van der Waals surface area contributed by atoms with Crippen LogP contribution in [0.15, 0.2) is 30.6 Å². The van der Waals surface area contributed by atoms with Gasteiger partial charge in [0.15, 0.2) is 0 Å². The number of hydrogen-bond acceptors (Lipinski definition) is 4. The van der Waals surface area contributed by atoms with Crippen LogP contribution in [0, 0.1) is 6.92 Å². The van der Waals surface area contributed by atoms with Crippen LogP contribution in [-0.2, 0) is 0 Å². The van der Waals surface area contributed by atoms with E-state index < -0.39 is 0 Å². The molecule has 2 rings (SSSR count). The first kappa shape index (κ1) is 13.2. The number of thiazole rings is 1. The summed E-state index contributed by atoms with van der Waals surface area (Å²) in [4.78, 5) is 10.1. The zero-order chi connectivity index (χ0) is 13.0. The third-order valence-electron chi connectivity index (χ3n) is 3.02. The van der Waals surface area contributed by atoms with Crippen molar-refractivity contribution >= 4 is 11.3 Å². The van der Waals surface area contributed by atoms with Crippen LogP contribution in [0.1, 0.15) is 41.4 Å². The lowest BCUT2D eigenvalue weighted by molar-refractivity contribution is 0.478. The lowest BCUT2D eigenvalue weighted by atomic mass is 9.96. The van der Waals surface area contributed by atoms with Crippen LogP contribution in [0.25, 0.3) is 0 Å². The fraction of sp³-hybridized carbons (Fsp3) is 0.429. The number of likely N-dealkylation sites (N-methyl/N-ethyl adjacent to an activating group) is 1. The van der Waals surface area contributed by atoms with Gasteiger partial charge in [-0.3, -0.25) is 4.98 Å². The van der Waals surface area contributed by atoms with Crippen molar-refractivity contribution in [2.24, 2.45) is 0 Å². The van der Waals surface area contributed by atoms with Gasteiger partial charge in [-0.25, -0.2) is 4.98 Å². The van der Waals surface area contributed by atoms with Crippen molar-refractivity contribution in [1.82, 2.24) is 15.3 Å². The predicted octanol–water partition coefficient (Wildman–Crippen LogP) is 3.30. The highest BCUT2D eigenvalue weighted by atomic mass is 32.1. The zero-order valence-corrected chi connectivity index (χ0v) is 11.9. The first-order valence-corrected chi connectivity index (χ1v) is 7.10. The van der Waals surface area contributed by atoms with E-state index in [-0.39, 0.29) is 6.04 Å². The van der Waals surface area contributed by atoms with E-state index in [9.17, 15) is 0 Å². The molecule has 96 valence electrons. The summed E-state index contributed by atoms with van der Waals surface area (Å²) in [5.74, 6) is 0.339. The Balaban J connectivity index is 2.25. The molecule has 0 bridgehead atoms. The first-order chi connectivity index (χ1) is 8.72. The molecule has 0 amide bonds. The lowest BCUT2D eigenvalue weighted by Gasteiger charge is -2.23. The van der Waals surface area contributed by atoms with Gasteiger partial charge in [0.05, 0.1) is 11.0 Å². The first-order valence-electron chi connectivity index (χ1n) is 6.29.